The molecule has 0 aliphatic rings. The number of hydrogen-bond acceptors (Lipinski definition) is 4. The zero-order valence-electron chi connectivity index (χ0n) is 14.6. The van der Waals surface area contributed by atoms with E-state index < -0.39 is 28.9 Å². The van der Waals surface area contributed by atoms with Crippen LogP contribution in [0.5, 0.6) is 0 Å². The van der Waals surface area contributed by atoms with Gasteiger partial charge in [0.15, 0.2) is 5.82 Å². The summed E-state index contributed by atoms with van der Waals surface area (Å²) in [6.07, 6.45) is 1.33. The lowest BCUT2D eigenvalue weighted by molar-refractivity contribution is 0.0332. The van der Waals surface area contributed by atoms with Crippen LogP contribution in [-0.2, 0) is 5.92 Å². The van der Waals surface area contributed by atoms with Crippen molar-refractivity contribution in [2.24, 2.45) is 16.5 Å². The number of alkyl halides is 2. The number of aliphatic imine (C=N–C) groups is 1. The molecule has 0 atom stereocenters. The monoisotopic (exact) mass is 389 g/mol. The van der Waals surface area contributed by atoms with E-state index in [1.165, 1.54) is 12.1 Å². The number of amidine groups is 1. The largest absolute Gasteiger partial charge is 0.402 e. The van der Waals surface area contributed by atoms with E-state index in [1.54, 1.807) is 6.92 Å². The molecule has 0 unspecified atom stereocenters. The van der Waals surface area contributed by atoms with Crippen LogP contribution in [0.4, 0.5) is 23.4 Å². The zero-order valence-corrected chi connectivity index (χ0v) is 14.6. The first kappa shape index (κ1) is 19.3. The van der Waals surface area contributed by atoms with Gasteiger partial charge in [-0.25, -0.2) is 23.7 Å². The molecule has 5 nitrogen and oxygen atoms in total. The summed E-state index contributed by atoms with van der Waals surface area (Å²) in [5.41, 5.74) is 11.0. The summed E-state index contributed by atoms with van der Waals surface area (Å²) in [6.45, 7) is 1.57. The molecule has 1 heterocycles. The van der Waals surface area contributed by atoms with E-state index in [9.17, 15) is 17.6 Å². The molecule has 9 heteroatoms. The van der Waals surface area contributed by atoms with Crippen molar-refractivity contribution in [3.63, 3.8) is 0 Å². The third kappa shape index (κ3) is 3.93. The summed E-state index contributed by atoms with van der Waals surface area (Å²) in [7, 11) is 0. The molecule has 0 radical (unpaired) electrons. The third-order valence-corrected chi connectivity index (χ3v) is 3.74. The Hall–Kier alpha value is -3.49. The molecule has 0 saturated carbocycles. The summed E-state index contributed by atoms with van der Waals surface area (Å²) >= 11 is 0. The van der Waals surface area contributed by atoms with Gasteiger partial charge in [0.2, 0.25) is 5.82 Å². The minimum Gasteiger partial charge on any atom is -0.402 e. The Morgan fingerprint density at radius 3 is 2.29 bits per heavy atom. The van der Waals surface area contributed by atoms with E-state index in [0.717, 1.165) is 36.4 Å². The highest BCUT2D eigenvalue weighted by atomic mass is 19.3. The minimum absolute atomic E-state index is 0.0691. The maximum atomic E-state index is 14.9. The van der Waals surface area contributed by atoms with Crippen LogP contribution in [0.3, 0.4) is 0 Å². The summed E-state index contributed by atoms with van der Waals surface area (Å²) in [5, 5.41) is 0.228. The third-order valence-electron chi connectivity index (χ3n) is 3.74. The minimum atomic E-state index is -3.67. The van der Waals surface area contributed by atoms with Crippen molar-refractivity contribution in [1.82, 2.24) is 9.97 Å². The molecule has 0 fully saturated rings. The highest BCUT2D eigenvalue weighted by Gasteiger charge is 2.38. The maximum absolute atomic E-state index is 14.9. The Bertz CT molecular complexity index is 1090. The predicted molar refractivity (Wildman–Crippen MR) is 98.1 cm³/mol. The molecule has 0 aliphatic heterocycles. The second-order valence-corrected chi connectivity index (χ2v) is 6.04. The predicted octanol–water partition coefficient (Wildman–Crippen LogP) is 3.90. The van der Waals surface area contributed by atoms with E-state index in [-0.39, 0.29) is 22.6 Å². The van der Waals surface area contributed by atoms with Gasteiger partial charge < -0.3 is 11.5 Å². The molecule has 3 aromatic rings. The number of aromatic nitrogens is 2. The molecule has 0 spiro atoms. The normalized spacial score (nSPS) is 13.2. The van der Waals surface area contributed by atoms with Crippen molar-refractivity contribution >= 4 is 22.6 Å². The van der Waals surface area contributed by atoms with Gasteiger partial charge in [0.25, 0.3) is 0 Å². The number of rotatable bonds is 4. The Labute approximate surface area is 157 Å². The number of nitrogens with two attached hydrogens (primary N) is 2. The molecule has 0 amide bonds. The van der Waals surface area contributed by atoms with Crippen LogP contribution >= 0.6 is 0 Å². The lowest BCUT2D eigenvalue weighted by Gasteiger charge is -2.16. The Morgan fingerprint density at radius 2 is 1.64 bits per heavy atom. The van der Waals surface area contributed by atoms with Gasteiger partial charge in [-0.05, 0) is 49.4 Å². The van der Waals surface area contributed by atoms with Crippen molar-refractivity contribution in [3.05, 3.63) is 77.3 Å². The summed E-state index contributed by atoms with van der Waals surface area (Å²) in [6, 6.07) is 7.07. The highest BCUT2D eigenvalue weighted by Crippen LogP contribution is 2.36. The van der Waals surface area contributed by atoms with Crippen molar-refractivity contribution in [2.75, 3.05) is 0 Å². The van der Waals surface area contributed by atoms with Crippen LogP contribution in [0, 0.1) is 11.6 Å². The van der Waals surface area contributed by atoms with Gasteiger partial charge >= 0.3 is 5.92 Å². The van der Waals surface area contributed by atoms with Gasteiger partial charge in [0.05, 0.1) is 5.52 Å². The molecule has 2 aromatic carbocycles. The second-order valence-electron chi connectivity index (χ2n) is 6.04. The lowest BCUT2D eigenvalue weighted by atomic mass is 10.1. The second kappa shape index (κ2) is 7.26. The van der Waals surface area contributed by atoms with Crippen LogP contribution in [0.2, 0.25) is 0 Å². The summed E-state index contributed by atoms with van der Waals surface area (Å²) < 4.78 is 56.5. The summed E-state index contributed by atoms with van der Waals surface area (Å²) in [5.74, 6) is -6.16. The molecule has 0 saturated heterocycles. The fourth-order valence-electron chi connectivity index (χ4n) is 2.49. The fraction of sp³-hybridized carbons (Fsp3) is 0.105. The number of hydrogen-bond donors (Lipinski definition) is 2. The number of allylic oxidation sites excluding steroid dienone is 1. The van der Waals surface area contributed by atoms with Crippen LogP contribution in [0.25, 0.3) is 10.9 Å². The average molecular weight is 389 g/mol. The van der Waals surface area contributed by atoms with E-state index in [2.05, 4.69) is 15.0 Å². The van der Waals surface area contributed by atoms with Gasteiger partial charge in [-0.2, -0.15) is 8.78 Å². The van der Waals surface area contributed by atoms with Gasteiger partial charge in [0, 0.05) is 22.7 Å². The molecular weight excluding hydrogens is 374 g/mol. The standard InChI is InChI=1S/C19H15F4N5/c1-10(24)8-16(25)27-17-14-7-6-13(21)9-15(14)26-18(28-17)19(22,23)11-2-4-12(20)5-3-11/h2-9H,24H2,1H3,(H2,25,26,27,28)/b10-8-. The van der Waals surface area contributed by atoms with Crippen LogP contribution in [0.1, 0.15) is 18.3 Å². The van der Waals surface area contributed by atoms with Gasteiger partial charge in [-0.1, -0.05) is 0 Å². The SMILES string of the molecule is C/C(N)=C/C(N)=Nc1nc(C(F)(F)c2ccc(F)cc2)nc2cc(F)ccc12. The number of nitrogens with zero attached hydrogens (tertiary/aromatic N) is 3. The quantitative estimate of drug-likeness (QED) is 0.402. The molecule has 144 valence electrons. The van der Waals surface area contributed by atoms with Crippen molar-refractivity contribution in [1.29, 1.82) is 0 Å². The molecule has 0 bridgehead atoms. The molecular formula is C19H15F4N5. The number of fused-ring (bicyclic) bond motifs is 1. The Morgan fingerprint density at radius 1 is 1.00 bits per heavy atom. The average Bonchev–Trinajstić information content (AvgIpc) is 2.60. The molecule has 1 aromatic heterocycles. The van der Waals surface area contributed by atoms with Crippen molar-refractivity contribution < 1.29 is 17.6 Å². The van der Waals surface area contributed by atoms with E-state index in [4.69, 9.17) is 11.5 Å². The van der Waals surface area contributed by atoms with E-state index in [0.29, 0.717) is 5.70 Å². The molecule has 0 aliphatic carbocycles. The van der Waals surface area contributed by atoms with Crippen LogP contribution in [0.15, 0.2) is 59.2 Å². The van der Waals surface area contributed by atoms with Gasteiger partial charge in [-0.15, -0.1) is 0 Å². The van der Waals surface area contributed by atoms with Crippen molar-refractivity contribution in [3.8, 4) is 0 Å². The first-order chi connectivity index (χ1) is 13.2. The first-order valence-electron chi connectivity index (χ1n) is 8.06. The summed E-state index contributed by atoms with van der Waals surface area (Å²) in [4.78, 5) is 11.6. The van der Waals surface area contributed by atoms with Crippen LogP contribution in [-0.4, -0.2) is 15.8 Å². The highest BCUT2D eigenvalue weighted by molar-refractivity contribution is 5.97. The molecule has 3 rings (SSSR count). The maximum Gasteiger partial charge on any atom is 0.331 e. The lowest BCUT2D eigenvalue weighted by Crippen LogP contribution is -2.19. The van der Waals surface area contributed by atoms with Gasteiger partial charge in [-0.3, -0.25) is 0 Å². The van der Waals surface area contributed by atoms with E-state index >= 15 is 0 Å². The number of benzene rings is 2. The van der Waals surface area contributed by atoms with Gasteiger partial charge in [0.1, 0.15) is 17.5 Å². The zero-order chi connectivity index (χ0) is 20.5. The molecule has 4 N–H and O–H groups in total. The van der Waals surface area contributed by atoms with Crippen LogP contribution < -0.4 is 11.5 Å². The Kier molecular flexibility index (Phi) is 5.00. The Balaban J connectivity index is 2.23. The van der Waals surface area contributed by atoms with E-state index in [1.807, 2.05) is 0 Å². The smallest absolute Gasteiger partial charge is 0.331 e. The first-order valence-corrected chi connectivity index (χ1v) is 8.06. The number of halogens is 4. The topological polar surface area (TPSA) is 90.2 Å². The fourth-order valence-corrected chi connectivity index (χ4v) is 2.49. The van der Waals surface area contributed by atoms with Crippen molar-refractivity contribution in [2.45, 2.75) is 12.8 Å². The molecule has 28 heavy (non-hydrogen) atoms.